The Balaban J connectivity index is 1.79. The number of aryl methyl sites for hydroxylation is 1. The van der Waals surface area contributed by atoms with Gasteiger partial charge in [0.15, 0.2) is 10.9 Å². The highest BCUT2D eigenvalue weighted by molar-refractivity contribution is 7.89. The van der Waals surface area contributed by atoms with Crippen molar-refractivity contribution in [3.05, 3.63) is 70.2 Å². The van der Waals surface area contributed by atoms with Gasteiger partial charge in [-0.15, -0.1) is 0 Å². The summed E-state index contributed by atoms with van der Waals surface area (Å²) in [7, 11) is -2.27. The molecular weight excluding hydrogens is 468 g/mol. The highest BCUT2D eigenvalue weighted by atomic mass is 32.2. The van der Waals surface area contributed by atoms with Crippen molar-refractivity contribution in [3.8, 4) is 5.75 Å². The van der Waals surface area contributed by atoms with Crippen LogP contribution in [0.1, 0.15) is 31.2 Å². The first-order chi connectivity index (χ1) is 15.6. The minimum absolute atomic E-state index is 0.00176. The first kappa shape index (κ1) is 23.9. The number of ketones is 1. The Bertz CT molecular complexity index is 1330. The van der Waals surface area contributed by atoms with E-state index in [9.17, 15) is 22.8 Å². The molecule has 1 heterocycles. The second-order valence-corrected chi connectivity index (χ2v) is 9.67. The third-order valence-electron chi connectivity index (χ3n) is 4.25. The predicted molar refractivity (Wildman–Crippen MR) is 125 cm³/mol. The van der Waals surface area contributed by atoms with Crippen molar-refractivity contribution in [2.24, 2.45) is 0 Å². The van der Waals surface area contributed by atoms with Crippen LogP contribution in [-0.4, -0.2) is 44.5 Å². The summed E-state index contributed by atoms with van der Waals surface area (Å²) in [5, 5.41) is 5.14. The monoisotopic (exact) mass is 488 g/mol. The fraction of sp³-hybridized carbons (Fsp3) is 0.143. The molecule has 0 saturated carbocycles. The summed E-state index contributed by atoms with van der Waals surface area (Å²) < 4.78 is 29.5. The quantitative estimate of drug-likeness (QED) is 0.434. The molecule has 12 heteroatoms. The maximum Gasteiger partial charge on any atom is 0.325 e. The van der Waals surface area contributed by atoms with E-state index in [0.717, 1.165) is 29.4 Å². The van der Waals surface area contributed by atoms with Gasteiger partial charge in [0.25, 0.3) is 5.91 Å². The average Bonchev–Trinajstić information content (AvgIpc) is 3.22. The van der Waals surface area contributed by atoms with Crippen LogP contribution in [0, 0.1) is 6.92 Å². The number of carbonyl (C=O) groups excluding carboxylic acids is 3. The van der Waals surface area contributed by atoms with Crippen molar-refractivity contribution in [3.63, 3.8) is 0 Å². The molecule has 0 aliphatic rings. The van der Waals surface area contributed by atoms with Crippen molar-refractivity contribution in [1.82, 2.24) is 9.71 Å². The summed E-state index contributed by atoms with van der Waals surface area (Å²) in [6.45, 7) is 1.82. The summed E-state index contributed by atoms with van der Waals surface area (Å²) in [5.41, 5.74) is 1.69. The van der Waals surface area contributed by atoms with Crippen LogP contribution in [0.15, 0.2) is 48.7 Å². The molecule has 0 atom stereocenters. The van der Waals surface area contributed by atoms with Crippen LogP contribution in [0.5, 0.6) is 5.75 Å². The van der Waals surface area contributed by atoms with Gasteiger partial charge >= 0.3 is 6.03 Å². The number of nitrogens with one attached hydrogen (secondary N) is 3. The van der Waals surface area contributed by atoms with E-state index in [1.807, 2.05) is 11.6 Å². The summed E-state index contributed by atoms with van der Waals surface area (Å²) in [5.74, 6) is -0.783. The second-order valence-electron chi connectivity index (χ2n) is 6.89. The van der Waals surface area contributed by atoms with Gasteiger partial charge in [0.05, 0.1) is 30.8 Å². The highest BCUT2D eigenvalue weighted by Gasteiger charge is 2.20. The minimum Gasteiger partial charge on any atom is -0.496 e. The van der Waals surface area contributed by atoms with Gasteiger partial charge in [0, 0.05) is 5.56 Å². The number of ether oxygens (including phenoxy) is 1. The molecule has 0 aliphatic carbocycles. The Morgan fingerprint density at radius 3 is 2.45 bits per heavy atom. The SMILES string of the molecule is COc1ccccc1C(=O)c1cc(C)ccc1NC(=O)Nc1ncc(C(=O)NS(C)(=O)=O)s1. The summed E-state index contributed by atoms with van der Waals surface area (Å²) in [6.07, 6.45) is 1.99. The zero-order valence-corrected chi connectivity index (χ0v) is 19.5. The number of benzene rings is 2. The number of carbonyl (C=O) groups is 3. The van der Waals surface area contributed by atoms with Crippen molar-refractivity contribution < 1.29 is 27.5 Å². The number of sulfonamides is 1. The number of aromatic nitrogens is 1. The van der Waals surface area contributed by atoms with Crippen LogP contribution in [0.25, 0.3) is 0 Å². The van der Waals surface area contributed by atoms with E-state index in [1.165, 1.54) is 7.11 Å². The molecule has 2 aromatic carbocycles. The topological polar surface area (TPSA) is 144 Å². The molecular formula is C21H20N4O6S2. The molecule has 0 radical (unpaired) electrons. The van der Waals surface area contributed by atoms with Gasteiger partial charge in [-0.1, -0.05) is 35.1 Å². The number of hydrogen-bond donors (Lipinski definition) is 3. The zero-order valence-electron chi connectivity index (χ0n) is 17.8. The Kier molecular flexibility index (Phi) is 7.09. The summed E-state index contributed by atoms with van der Waals surface area (Å²) in [4.78, 5) is 41.5. The fourth-order valence-corrected chi connectivity index (χ4v) is 4.06. The highest BCUT2D eigenvalue weighted by Crippen LogP contribution is 2.26. The first-order valence-electron chi connectivity index (χ1n) is 9.41. The maximum atomic E-state index is 13.2. The number of urea groups is 1. The smallest absolute Gasteiger partial charge is 0.325 e. The number of methoxy groups -OCH3 is 1. The molecule has 3 N–H and O–H groups in total. The van der Waals surface area contributed by atoms with Crippen LogP contribution in [-0.2, 0) is 10.0 Å². The van der Waals surface area contributed by atoms with Crippen molar-refractivity contribution >= 4 is 49.9 Å². The summed E-state index contributed by atoms with van der Waals surface area (Å²) >= 11 is 0.792. The molecule has 0 spiro atoms. The van der Waals surface area contributed by atoms with E-state index < -0.39 is 22.0 Å². The molecule has 172 valence electrons. The minimum atomic E-state index is -3.73. The molecule has 10 nitrogen and oxygen atoms in total. The number of amides is 3. The summed E-state index contributed by atoms with van der Waals surface area (Å²) in [6, 6.07) is 11.1. The molecule has 0 bridgehead atoms. The van der Waals surface area contributed by atoms with Gasteiger partial charge in [-0.05, 0) is 31.2 Å². The normalized spacial score (nSPS) is 10.9. The third-order valence-corrected chi connectivity index (χ3v) is 5.72. The molecule has 3 rings (SSSR count). The number of thiazole rings is 1. The maximum absolute atomic E-state index is 13.2. The predicted octanol–water partition coefficient (Wildman–Crippen LogP) is 3.02. The van der Waals surface area contributed by atoms with E-state index in [2.05, 4.69) is 15.6 Å². The van der Waals surface area contributed by atoms with Crippen LogP contribution in [0.3, 0.4) is 0 Å². The lowest BCUT2D eigenvalue weighted by Gasteiger charge is -2.13. The van der Waals surface area contributed by atoms with Gasteiger partial charge in [-0.3, -0.25) is 14.9 Å². The fourth-order valence-electron chi connectivity index (χ4n) is 2.84. The van der Waals surface area contributed by atoms with E-state index in [1.54, 1.807) is 42.5 Å². The molecule has 0 fully saturated rings. The Morgan fingerprint density at radius 1 is 1.03 bits per heavy atom. The number of para-hydroxylation sites is 1. The van der Waals surface area contributed by atoms with Gasteiger partial charge in [-0.2, -0.15) is 0 Å². The average molecular weight is 489 g/mol. The van der Waals surface area contributed by atoms with E-state index in [0.29, 0.717) is 11.3 Å². The zero-order chi connectivity index (χ0) is 24.2. The standard InChI is InChI=1S/C21H20N4O6S2/c1-12-8-9-15(14(10-12)18(26)13-6-4-5-7-16(13)31-2)23-20(28)24-21-22-11-17(32-21)19(27)25-33(3,29)30/h4-11H,1-3H3,(H,25,27)(H2,22,23,24,28). The molecule has 1 aromatic heterocycles. The number of nitrogens with zero attached hydrogens (tertiary/aromatic N) is 1. The van der Waals surface area contributed by atoms with Crippen molar-refractivity contribution in [1.29, 1.82) is 0 Å². The van der Waals surface area contributed by atoms with Gasteiger partial charge in [0.1, 0.15) is 10.6 Å². The van der Waals surface area contributed by atoms with Crippen molar-refractivity contribution in [2.75, 3.05) is 24.0 Å². The molecule has 0 saturated heterocycles. The van der Waals surface area contributed by atoms with E-state index in [4.69, 9.17) is 4.74 Å². The van der Waals surface area contributed by atoms with Crippen LogP contribution in [0.4, 0.5) is 15.6 Å². The Labute approximate surface area is 194 Å². The van der Waals surface area contributed by atoms with Crippen LogP contribution < -0.4 is 20.1 Å². The Morgan fingerprint density at radius 2 is 1.76 bits per heavy atom. The van der Waals surface area contributed by atoms with E-state index >= 15 is 0 Å². The number of rotatable bonds is 7. The number of hydrogen-bond acceptors (Lipinski definition) is 8. The lowest BCUT2D eigenvalue weighted by Crippen LogP contribution is -2.28. The lowest BCUT2D eigenvalue weighted by molar-refractivity contribution is 0.0984. The Hall–Kier alpha value is -3.77. The van der Waals surface area contributed by atoms with E-state index in [-0.39, 0.29) is 27.0 Å². The molecule has 3 aromatic rings. The van der Waals surface area contributed by atoms with Gasteiger partial charge < -0.3 is 10.1 Å². The largest absolute Gasteiger partial charge is 0.496 e. The molecule has 3 amide bonds. The second kappa shape index (κ2) is 9.79. The van der Waals surface area contributed by atoms with Crippen LogP contribution in [0.2, 0.25) is 0 Å². The lowest BCUT2D eigenvalue weighted by atomic mass is 9.99. The van der Waals surface area contributed by atoms with Gasteiger partial charge in [0.2, 0.25) is 10.0 Å². The molecule has 0 aliphatic heterocycles. The van der Waals surface area contributed by atoms with Gasteiger partial charge in [-0.25, -0.2) is 22.9 Å². The number of anilines is 2. The first-order valence-corrected chi connectivity index (χ1v) is 12.1. The molecule has 33 heavy (non-hydrogen) atoms. The third kappa shape index (κ3) is 6.14. The van der Waals surface area contributed by atoms with Crippen molar-refractivity contribution in [2.45, 2.75) is 6.92 Å². The molecule has 0 unspecified atom stereocenters. The van der Waals surface area contributed by atoms with Crippen LogP contribution >= 0.6 is 11.3 Å².